The summed E-state index contributed by atoms with van der Waals surface area (Å²) in [6.45, 7) is 10.1. The standard InChI is InChI=1S/C26H33ClN2O5S/c1-5-13-28(20-16(3)9-7-10-17(20)27)23(32)21-26-12-11-25(4,35-26)19(24(33)34-6-2)18(26)22(31)29(21)14-8-15-30/h5,7,9-10,18-19,21,30H,1,6,8,11-15H2,2-4H3/t18-,19-,21?,25+,26?/m0/s1. The van der Waals surface area contributed by atoms with Gasteiger partial charge in [-0.3, -0.25) is 14.4 Å². The number of benzene rings is 1. The summed E-state index contributed by atoms with van der Waals surface area (Å²) in [7, 11) is 0. The molecule has 1 N–H and O–H groups in total. The van der Waals surface area contributed by atoms with Crippen LogP contribution in [-0.2, 0) is 19.1 Å². The topological polar surface area (TPSA) is 87.2 Å². The smallest absolute Gasteiger partial charge is 0.311 e. The highest BCUT2D eigenvalue weighted by Gasteiger charge is 2.77. The van der Waals surface area contributed by atoms with E-state index in [0.717, 1.165) is 12.0 Å². The van der Waals surface area contributed by atoms with Gasteiger partial charge in [-0.2, -0.15) is 0 Å². The number of hydrogen-bond acceptors (Lipinski definition) is 6. The van der Waals surface area contributed by atoms with E-state index < -0.39 is 27.4 Å². The molecule has 3 fully saturated rings. The molecule has 1 aromatic rings. The van der Waals surface area contributed by atoms with E-state index in [9.17, 15) is 19.5 Å². The fraction of sp³-hybridized carbons (Fsp3) is 0.577. The van der Waals surface area contributed by atoms with Crippen LogP contribution in [0, 0.1) is 18.8 Å². The molecule has 2 bridgehead atoms. The number of carbonyl (C=O) groups excluding carboxylic acids is 3. The molecule has 7 nitrogen and oxygen atoms in total. The number of aliphatic hydroxyl groups excluding tert-OH is 1. The zero-order valence-corrected chi connectivity index (χ0v) is 22.0. The van der Waals surface area contributed by atoms with E-state index in [1.807, 2.05) is 26.0 Å². The summed E-state index contributed by atoms with van der Waals surface area (Å²) in [5.74, 6) is -2.08. The lowest BCUT2D eigenvalue weighted by Crippen LogP contribution is -2.55. The van der Waals surface area contributed by atoms with Crippen LogP contribution in [0.4, 0.5) is 5.69 Å². The molecule has 190 valence electrons. The molecule has 3 aliphatic rings. The fourth-order valence-electron chi connectivity index (χ4n) is 6.31. The maximum absolute atomic E-state index is 14.4. The summed E-state index contributed by atoms with van der Waals surface area (Å²) in [5, 5.41) is 9.97. The number of nitrogens with zero attached hydrogens (tertiary/aromatic N) is 2. The lowest BCUT2D eigenvalue weighted by Gasteiger charge is -2.37. The molecule has 1 spiro atoms. The van der Waals surface area contributed by atoms with E-state index in [2.05, 4.69) is 6.58 Å². The van der Waals surface area contributed by atoms with Crippen LogP contribution in [0.1, 0.15) is 38.7 Å². The van der Waals surface area contributed by atoms with Gasteiger partial charge in [0, 0.05) is 24.4 Å². The second-order valence-electron chi connectivity index (χ2n) is 9.73. The average molecular weight is 521 g/mol. The van der Waals surface area contributed by atoms with E-state index in [0.29, 0.717) is 23.6 Å². The molecule has 0 saturated carbocycles. The van der Waals surface area contributed by atoms with Gasteiger partial charge in [0.1, 0.15) is 6.04 Å². The molecule has 1 aromatic carbocycles. The van der Waals surface area contributed by atoms with E-state index >= 15 is 0 Å². The van der Waals surface area contributed by atoms with Crippen molar-refractivity contribution in [2.45, 2.75) is 55.6 Å². The lowest BCUT2D eigenvalue weighted by atomic mass is 9.66. The van der Waals surface area contributed by atoms with Gasteiger partial charge < -0.3 is 19.6 Å². The van der Waals surface area contributed by atoms with Gasteiger partial charge in [0.2, 0.25) is 5.91 Å². The highest BCUT2D eigenvalue weighted by molar-refractivity contribution is 8.02. The minimum Gasteiger partial charge on any atom is -0.466 e. The molecule has 3 saturated heterocycles. The number of aliphatic hydroxyl groups is 1. The van der Waals surface area contributed by atoms with Gasteiger partial charge >= 0.3 is 5.97 Å². The van der Waals surface area contributed by atoms with Gasteiger partial charge in [-0.05, 0) is 51.7 Å². The van der Waals surface area contributed by atoms with Crippen LogP contribution in [0.5, 0.6) is 0 Å². The highest BCUT2D eigenvalue weighted by Crippen LogP contribution is 2.71. The first-order valence-corrected chi connectivity index (χ1v) is 13.3. The Balaban J connectivity index is 1.83. The Labute approximate surface area is 215 Å². The Morgan fingerprint density at radius 1 is 1.40 bits per heavy atom. The van der Waals surface area contributed by atoms with Gasteiger partial charge in [-0.1, -0.05) is 29.8 Å². The molecular formula is C26H33ClN2O5S. The number of halogens is 1. The maximum Gasteiger partial charge on any atom is 0.311 e. The van der Waals surface area contributed by atoms with Crippen molar-refractivity contribution in [1.29, 1.82) is 0 Å². The van der Waals surface area contributed by atoms with Crippen molar-refractivity contribution in [1.82, 2.24) is 4.90 Å². The molecule has 3 heterocycles. The summed E-state index contributed by atoms with van der Waals surface area (Å²) in [5.41, 5.74) is 1.44. The van der Waals surface area contributed by atoms with Crippen molar-refractivity contribution < 1.29 is 24.2 Å². The van der Waals surface area contributed by atoms with Crippen molar-refractivity contribution in [2.75, 3.05) is 31.2 Å². The van der Waals surface area contributed by atoms with Crippen molar-refractivity contribution >= 4 is 46.8 Å². The third-order valence-corrected chi connectivity index (χ3v) is 9.94. The zero-order chi connectivity index (χ0) is 25.5. The van der Waals surface area contributed by atoms with E-state index in [1.54, 1.807) is 40.6 Å². The number of amides is 2. The number of aryl methyl sites for hydroxylation is 1. The SMILES string of the molecule is C=CCN(C(=O)C1N(CCCO)C(=O)[C@@H]2[C@@H](C(=O)OCC)[C@@]3(C)CCC12S3)c1c(C)cccc1Cl. The lowest BCUT2D eigenvalue weighted by molar-refractivity contribution is -0.155. The number of hydrogen-bond donors (Lipinski definition) is 1. The molecule has 3 aliphatic heterocycles. The molecule has 5 atom stereocenters. The van der Waals surface area contributed by atoms with Crippen LogP contribution in [-0.4, -0.2) is 69.6 Å². The van der Waals surface area contributed by atoms with Crippen LogP contribution < -0.4 is 4.90 Å². The first kappa shape index (κ1) is 26.0. The second-order valence-corrected chi connectivity index (χ2v) is 12.0. The number of para-hydroxylation sites is 1. The van der Waals surface area contributed by atoms with Crippen LogP contribution >= 0.6 is 23.4 Å². The Kier molecular flexibility index (Phi) is 7.28. The predicted octanol–water partition coefficient (Wildman–Crippen LogP) is 3.59. The van der Waals surface area contributed by atoms with Crippen LogP contribution in [0.15, 0.2) is 30.9 Å². The van der Waals surface area contributed by atoms with Gasteiger partial charge in [-0.15, -0.1) is 18.3 Å². The van der Waals surface area contributed by atoms with Gasteiger partial charge in [-0.25, -0.2) is 0 Å². The summed E-state index contributed by atoms with van der Waals surface area (Å²) in [4.78, 5) is 44.6. The molecule has 2 amide bonds. The third kappa shape index (κ3) is 3.98. The average Bonchev–Trinajstić information content (AvgIpc) is 3.37. The molecule has 9 heteroatoms. The van der Waals surface area contributed by atoms with Crippen molar-refractivity contribution in [3.63, 3.8) is 0 Å². The molecule has 0 aliphatic carbocycles. The largest absolute Gasteiger partial charge is 0.466 e. The molecule has 4 rings (SSSR count). The first-order chi connectivity index (χ1) is 16.7. The zero-order valence-electron chi connectivity index (χ0n) is 20.5. The first-order valence-electron chi connectivity index (χ1n) is 12.1. The number of fused-ring (bicyclic) bond motifs is 1. The normalized spacial score (nSPS) is 30.9. The fourth-order valence-corrected chi connectivity index (χ4v) is 8.97. The Hall–Kier alpha value is -2.03. The van der Waals surface area contributed by atoms with Crippen LogP contribution in [0.25, 0.3) is 0 Å². The summed E-state index contributed by atoms with van der Waals surface area (Å²) in [6, 6.07) is 4.68. The number of anilines is 1. The van der Waals surface area contributed by atoms with Crippen molar-refractivity contribution in [3.05, 3.63) is 41.4 Å². The Morgan fingerprint density at radius 3 is 2.77 bits per heavy atom. The van der Waals surface area contributed by atoms with Crippen LogP contribution in [0.3, 0.4) is 0 Å². The Bertz CT molecular complexity index is 1030. The van der Waals surface area contributed by atoms with Crippen molar-refractivity contribution in [3.8, 4) is 0 Å². The van der Waals surface area contributed by atoms with Crippen molar-refractivity contribution in [2.24, 2.45) is 11.8 Å². The van der Waals surface area contributed by atoms with E-state index in [-0.39, 0.29) is 44.1 Å². The molecular weight excluding hydrogens is 488 g/mol. The summed E-state index contributed by atoms with van der Waals surface area (Å²) < 4.78 is 4.19. The number of ether oxygens (including phenoxy) is 1. The number of carbonyl (C=O) groups is 3. The minimum absolute atomic E-state index is 0.103. The van der Waals surface area contributed by atoms with Crippen LogP contribution in [0.2, 0.25) is 5.02 Å². The predicted molar refractivity (Wildman–Crippen MR) is 138 cm³/mol. The monoisotopic (exact) mass is 520 g/mol. The van der Waals surface area contributed by atoms with E-state index in [4.69, 9.17) is 16.3 Å². The summed E-state index contributed by atoms with van der Waals surface area (Å²) >= 11 is 8.16. The molecule has 0 aromatic heterocycles. The minimum atomic E-state index is -0.784. The number of likely N-dealkylation sites (tertiary alicyclic amines) is 1. The highest BCUT2D eigenvalue weighted by atomic mass is 35.5. The Morgan fingerprint density at radius 2 is 2.14 bits per heavy atom. The molecule has 35 heavy (non-hydrogen) atoms. The number of thioether (sulfide) groups is 1. The third-order valence-electron chi connectivity index (χ3n) is 7.64. The number of esters is 1. The molecule has 2 unspecified atom stereocenters. The van der Waals surface area contributed by atoms with Gasteiger partial charge in [0.25, 0.3) is 5.91 Å². The van der Waals surface area contributed by atoms with Gasteiger partial charge in [0.05, 0.1) is 33.9 Å². The van der Waals surface area contributed by atoms with Gasteiger partial charge in [0.15, 0.2) is 0 Å². The second kappa shape index (κ2) is 9.79. The molecule has 0 radical (unpaired) electrons. The quantitative estimate of drug-likeness (QED) is 0.395. The van der Waals surface area contributed by atoms with E-state index in [1.165, 1.54) is 0 Å². The summed E-state index contributed by atoms with van der Waals surface area (Å²) in [6.07, 6.45) is 3.36. The maximum atomic E-state index is 14.4. The number of rotatable bonds is 9.